The molecule has 0 saturated heterocycles. The molecule has 0 aliphatic heterocycles. The summed E-state index contributed by atoms with van der Waals surface area (Å²) in [6, 6.07) is 53.5. The molecule has 0 aromatic heterocycles. The molecular weight excluding hydrogens is 639 g/mol. The van der Waals surface area contributed by atoms with Gasteiger partial charge in [0.1, 0.15) is 0 Å². The van der Waals surface area contributed by atoms with Crippen LogP contribution in [0.4, 0.5) is 17.1 Å². The van der Waals surface area contributed by atoms with Crippen molar-refractivity contribution >= 4 is 17.1 Å². The molecule has 2 bridgehead atoms. The molecule has 6 aromatic carbocycles. The van der Waals surface area contributed by atoms with Gasteiger partial charge >= 0.3 is 0 Å². The topological polar surface area (TPSA) is 3.24 Å². The molecule has 0 spiro atoms. The third-order valence-electron chi connectivity index (χ3n) is 14.0. The second kappa shape index (κ2) is 12.9. The van der Waals surface area contributed by atoms with Gasteiger partial charge in [0.25, 0.3) is 0 Å². The molecular formula is C52H51N. The maximum atomic E-state index is 2.51. The normalized spacial score (nSPS) is 21.4. The fourth-order valence-electron chi connectivity index (χ4n) is 10.9. The first-order valence-electron chi connectivity index (χ1n) is 20.4. The third kappa shape index (κ3) is 5.67. The predicted octanol–water partition coefficient (Wildman–Crippen LogP) is 14.7. The maximum Gasteiger partial charge on any atom is 0.0465 e. The van der Waals surface area contributed by atoms with Crippen LogP contribution in [0.25, 0.3) is 33.4 Å². The van der Waals surface area contributed by atoms with Crippen LogP contribution in [-0.2, 0) is 10.8 Å². The number of rotatable bonds is 7. The van der Waals surface area contributed by atoms with Crippen LogP contribution in [0.2, 0.25) is 0 Å². The van der Waals surface area contributed by atoms with Crippen LogP contribution in [0.5, 0.6) is 0 Å². The second-order valence-electron chi connectivity index (χ2n) is 17.3. The highest BCUT2D eigenvalue weighted by atomic mass is 15.1. The van der Waals surface area contributed by atoms with E-state index in [1.165, 1.54) is 131 Å². The van der Waals surface area contributed by atoms with Gasteiger partial charge in [0, 0.05) is 22.5 Å². The van der Waals surface area contributed by atoms with E-state index in [2.05, 4.69) is 158 Å². The van der Waals surface area contributed by atoms with E-state index >= 15 is 0 Å². The van der Waals surface area contributed by atoms with Crippen molar-refractivity contribution in [3.8, 4) is 33.4 Å². The van der Waals surface area contributed by atoms with Gasteiger partial charge in [-0.3, -0.25) is 0 Å². The molecule has 10 rings (SSSR count). The molecule has 0 heterocycles. The minimum absolute atomic E-state index is 0.0998. The zero-order valence-corrected chi connectivity index (χ0v) is 31.5. The average molecular weight is 690 g/mol. The van der Waals surface area contributed by atoms with E-state index in [1.54, 1.807) is 5.56 Å². The lowest BCUT2D eigenvalue weighted by atomic mass is 9.78. The Balaban J connectivity index is 1.01. The molecule has 0 radical (unpaired) electrons. The van der Waals surface area contributed by atoms with Gasteiger partial charge in [0.15, 0.2) is 0 Å². The molecule has 0 amide bonds. The van der Waals surface area contributed by atoms with E-state index < -0.39 is 0 Å². The minimum atomic E-state index is -0.0998. The fraction of sp³-hybridized carbons (Fsp3) is 0.308. The van der Waals surface area contributed by atoms with Crippen LogP contribution in [0, 0.1) is 5.92 Å². The van der Waals surface area contributed by atoms with Crippen molar-refractivity contribution < 1.29 is 0 Å². The smallest absolute Gasteiger partial charge is 0.0465 e. The minimum Gasteiger partial charge on any atom is -0.310 e. The summed E-state index contributed by atoms with van der Waals surface area (Å²) in [5.41, 5.74) is 17.7. The first kappa shape index (κ1) is 32.7. The highest BCUT2D eigenvalue weighted by Gasteiger charge is 2.45. The Morgan fingerprint density at radius 1 is 0.491 bits per heavy atom. The van der Waals surface area contributed by atoms with Crippen molar-refractivity contribution in [3.05, 3.63) is 162 Å². The van der Waals surface area contributed by atoms with Gasteiger partial charge in [-0.05, 0) is 160 Å². The Kier molecular flexibility index (Phi) is 7.97. The molecule has 0 N–H and O–H groups in total. The lowest BCUT2D eigenvalue weighted by molar-refractivity contribution is 0.419. The third-order valence-corrected chi connectivity index (χ3v) is 14.0. The number of nitrogens with zero attached hydrogens (tertiary/aromatic N) is 1. The summed E-state index contributed by atoms with van der Waals surface area (Å²) in [7, 11) is 0. The monoisotopic (exact) mass is 689 g/mol. The van der Waals surface area contributed by atoms with E-state index in [0.29, 0.717) is 11.3 Å². The summed E-state index contributed by atoms with van der Waals surface area (Å²) in [5.74, 6) is 1.65. The van der Waals surface area contributed by atoms with Crippen molar-refractivity contribution in [2.24, 2.45) is 5.92 Å². The van der Waals surface area contributed by atoms with Crippen molar-refractivity contribution in [2.75, 3.05) is 4.90 Å². The van der Waals surface area contributed by atoms with Crippen LogP contribution in [0.1, 0.15) is 106 Å². The van der Waals surface area contributed by atoms with Crippen molar-refractivity contribution in [3.63, 3.8) is 0 Å². The number of hydrogen-bond acceptors (Lipinski definition) is 1. The summed E-state index contributed by atoms with van der Waals surface area (Å²) in [6.07, 6.45) is 13.7. The summed E-state index contributed by atoms with van der Waals surface area (Å²) in [4.78, 5) is 2.51. The summed E-state index contributed by atoms with van der Waals surface area (Å²) < 4.78 is 0. The van der Waals surface area contributed by atoms with Gasteiger partial charge in [0.2, 0.25) is 0 Å². The highest BCUT2D eigenvalue weighted by Crippen LogP contribution is 2.56. The summed E-state index contributed by atoms with van der Waals surface area (Å²) >= 11 is 0. The lowest BCUT2D eigenvalue weighted by Crippen LogP contribution is -2.20. The zero-order valence-electron chi connectivity index (χ0n) is 31.5. The second-order valence-corrected chi connectivity index (χ2v) is 17.3. The van der Waals surface area contributed by atoms with Gasteiger partial charge in [0.05, 0.1) is 0 Å². The van der Waals surface area contributed by atoms with Crippen molar-refractivity contribution in [1.82, 2.24) is 0 Å². The first-order chi connectivity index (χ1) is 25.9. The van der Waals surface area contributed by atoms with Gasteiger partial charge in [-0.2, -0.15) is 0 Å². The Labute approximate surface area is 316 Å². The van der Waals surface area contributed by atoms with E-state index in [0.717, 1.165) is 5.92 Å². The number of fused-ring (bicyclic) bond motifs is 5. The van der Waals surface area contributed by atoms with Crippen LogP contribution in [0.15, 0.2) is 140 Å². The predicted molar refractivity (Wildman–Crippen MR) is 224 cm³/mol. The molecule has 6 aromatic rings. The number of anilines is 3. The van der Waals surface area contributed by atoms with Crippen molar-refractivity contribution in [1.29, 1.82) is 0 Å². The fourth-order valence-corrected chi connectivity index (χ4v) is 10.9. The zero-order chi connectivity index (χ0) is 35.6. The highest BCUT2D eigenvalue weighted by molar-refractivity contribution is 5.88. The Bertz CT molecular complexity index is 2240. The Hall–Kier alpha value is -4.88. The lowest BCUT2D eigenvalue weighted by Gasteiger charge is -2.30. The molecule has 53 heavy (non-hydrogen) atoms. The van der Waals surface area contributed by atoms with Gasteiger partial charge in [-0.15, -0.1) is 0 Å². The SMILES string of the molecule is CC1(C)c2ccc(-c3ccc(-c4ccccc4)cc3)cc2-c2ccc(N(c3ccc(C4CCCCC4)cc3)c3ccc(C45CCC(CC4)C5)cc3)cc21. The Morgan fingerprint density at radius 3 is 1.75 bits per heavy atom. The van der Waals surface area contributed by atoms with Crippen LogP contribution in [0.3, 0.4) is 0 Å². The van der Waals surface area contributed by atoms with Crippen LogP contribution in [-0.4, -0.2) is 0 Å². The molecule has 264 valence electrons. The Morgan fingerprint density at radius 2 is 1.09 bits per heavy atom. The first-order valence-corrected chi connectivity index (χ1v) is 20.4. The van der Waals surface area contributed by atoms with Crippen LogP contribution >= 0.6 is 0 Å². The van der Waals surface area contributed by atoms with Crippen LogP contribution < -0.4 is 4.90 Å². The largest absolute Gasteiger partial charge is 0.310 e. The molecule has 4 aliphatic rings. The van der Waals surface area contributed by atoms with E-state index in [9.17, 15) is 0 Å². The van der Waals surface area contributed by atoms with E-state index in [4.69, 9.17) is 0 Å². The van der Waals surface area contributed by atoms with Gasteiger partial charge < -0.3 is 4.90 Å². The molecule has 3 saturated carbocycles. The molecule has 1 nitrogen and oxygen atoms in total. The van der Waals surface area contributed by atoms with E-state index in [1.807, 2.05) is 0 Å². The van der Waals surface area contributed by atoms with Crippen molar-refractivity contribution in [2.45, 2.75) is 94.8 Å². The average Bonchev–Trinajstić information content (AvgIpc) is 3.91. The standard InChI is InChI=1S/C52H51N/c1-51(2)49-28-19-42(41-15-13-39(14-16-41)37-9-5-3-6-10-37)33-48(49)47-27-26-46(34-50(47)51)53(44-22-17-40(18-23-44)38-11-7-4-8-12-38)45-24-20-43(21-25-45)52-31-29-36(35-52)30-32-52/h3,5-6,9-10,13-28,33-34,36,38H,4,7-8,11-12,29-32,35H2,1-2H3. The maximum absolute atomic E-state index is 2.51. The number of benzene rings is 6. The molecule has 0 atom stereocenters. The number of hydrogen-bond donors (Lipinski definition) is 0. The molecule has 4 aliphatic carbocycles. The quantitative estimate of drug-likeness (QED) is 0.161. The van der Waals surface area contributed by atoms with E-state index in [-0.39, 0.29) is 5.41 Å². The van der Waals surface area contributed by atoms with Gasteiger partial charge in [-0.25, -0.2) is 0 Å². The summed E-state index contributed by atoms with van der Waals surface area (Å²) in [5, 5.41) is 0. The molecule has 3 fully saturated rings. The molecule has 1 heteroatoms. The van der Waals surface area contributed by atoms with Gasteiger partial charge in [-0.1, -0.05) is 130 Å². The summed E-state index contributed by atoms with van der Waals surface area (Å²) in [6.45, 7) is 4.81. The molecule has 0 unspecified atom stereocenters.